The van der Waals surface area contributed by atoms with Crippen LogP contribution in [-0.2, 0) is 15.1 Å². The first-order chi connectivity index (χ1) is 9.93. The fraction of sp³-hybridized carbons (Fsp3) is 0.611. The van der Waals surface area contributed by atoms with Gasteiger partial charge >= 0.3 is 5.97 Å². The number of esters is 1. The minimum Gasteiger partial charge on any atom is -0.454 e. The molecule has 4 nitrogen and oxygen atoms in total. The molecule has 0 aliphatic carbocycles. The molecule has 0 spiro atoms. The lowest BCUT2D eigenvalue weighted by Crippen LogP contribution is -2.40. The average Bonchev–Trinajstić information content (AvgIpc) is 2.36. The zero-order valence-corrected chi connectivity index (χ0v) is 14.7. The molecule has 0 amide bonds. The summed E-state index contributed by atoms with van der Waals surface area (Å²) in [4.78, 5) is 21.5. The molecule has 1 unspecified atom stereocenters. The van der Waals surface area contributed by atoms with Gasteiger partial charge in [0.2, 0.25) is 0 Å². The number of hydrogen-bond donors (Lipinski definition) is 0. The summed E-state index contributed by atoms with van der Waals surface area (Å²) in [6, 6.07) is 3.81. The van der Waals surface area contributed by atoms with E-state index in [-0.39, 0.29) is 11.4 Å². The van der Waals surface area contributed by atoms with Crippen LogP contribution in [0.4, 0.5) is 5.82 Å². The standard InChI is InChI=1S/C18H26N2O2/c1-16(2,3)13-11-18(7,22-15(21)17(4,5)6)12-9-8-10-19-14(12)20-13/h8-10H,11H2,1-7H3. The van der Waals surface area contributed by atoms with Crippen LogP contribution in [0.3, 0.4) is 0 Å². The molecule has 22 heavy (non-hydrogen) atoms. The number of fused-ring (bicyclic) bond motifs is 1. The Hall–Kier alpha value is -1.71. The molecule has 0 radical (unpaired) electrons. The maximum Gasteiger partial charge on any atom is 0.312 e. The lowest BCUT2D eigenvalue weighted by atomic mass is 9.78. The van der Waals surface area contributed by atoms with Crippen LogP contribution >= 0.6 is 0 Å². The Labute approximate surface area is 133 Å². The van der Waals surface area contributed by atoms with Gasteiger partial charge in [-0.3, -0.25) is 4.79 Å². The summed E-state index contributed by atoms with van der Waals surface area (Å²) < 4.78 is 5.94. The molecule has 1 aromatic rings. The zero-order valence-electron chi connectivity index (χ0n) is 14.7. The Balaban J connectivity index is 2.48. The third kappa shape index (κ3) is 3.21. The lowest BCUT2D eigenvalue weighted by molar-refractivity contribution is -0.168. The lowest BCUT2D eigenvalue weighted by Gasteiger charge is -2.38. The Morgan fingerprint density at radius 2 is 1.86 bits per heavy atom. The molecule has 1 aliphatic rings. The predicted molar refractivity (Wildman–Crippen MR) is 88.3 cm³/mol. The van der Waals surface area contributed by atoms with Gasteiger partial charge in [0, 0.05) is 29.3 Å². The van der Waals surface area contributed by atoms with Crippen LogP contribution in [0.15, 0.2) is 23.3 Å². The highest BCUT2D eigenvalue weighted by Crippen LogP contribution is 2.43. The fourth-order valence-electron chi connectivity index (χ4n) is 2.36. The number of rotatable bonds is 1. The van der Waals surface area contributed by atoms with Gasteiger partial charge in [-0.25, -0.2) is 9.98 Å². The third-order valence-corrected chi connectivity index (χ3v) is 3.90. The van der Waals surface area contributed by atoms with Crippen molar-refractivity contribution >= 4 is 17.5 Å². The second-order valence-electron chi connectivity index (χ2n) is 8.23. The number of ether oxygens (including phenoxy) is 1. The van der Waals surface area contributed by atoms with E-state index < -0.39 is 11.0 Å². The van der Waals surface area contributed by atoms with E-state index in [2.05, 4.69) is 25.8 Å². The highest BCUT2D eigenvalue weighted by molar-refractivity contribution is 5.94. The molecule has 2 heterocycles. The van der Waals surface area contributed by atoms with Gasteiger partial charge in [-0.1, -0.05) is 20.8 Å². The van der Waals surface area contributed by atoms with Crippen LogP contribution in [0.2, 0.25) is 0 Å². The predicted octanol–water partition coefficient (Wildman–Crippen LogP) is 4.41. The maximum absolute atomic E-state index is 12.4. The summed E-state index contributed by atoms with van der Waals surface area (Å²) in [6.07, 6.45) is 2.32. The van der Waals surface area contributed by atoms with Gasteiger partial charge in [0.15, 0.2) is 5.82 Å². The molecule has 0 saturated heterocycles. The van der Waals surface area contributed by atoms with Crippen LogP contribution in [0.1, 0.15) is 60.5 Å². The summed E-state index contributed by atoms with van der Waals surface area (Å²) in [7, 11) is 0. The van der Waals surface area contributed by atoms with Gasteiger partial charge in [0.05, 0.1) is 5.41 Å². The van der Waals surface area contributed by atoms with Crippen molar-refractivity contribution in [3.63, 3.8) is 0 Å². The van der Waals surface area contributed by atoms with Crippen LogP contribution < -0.4 is 0 Å². The van der Waals surface area contributed by atoms with E-state index in [9.17, 15) is 4.79 Å². The van der Waals surface area contributed by atoms with Gasteiger partial charge in [0.1, 0.15) is 5.60 Å². The van der Waals surface area contributed by atoms with E-state index in [0.29, 0.717) is 12.2 Å². The van der Waals surface area contributed by atoms with Crippen molar-refractivity contribution in [3.8, 4) is 0 Å². The van der Waals surface area contributed by atoms with Crippen molar-refractivity contribution < 1.29 is 9.53 Å². The first-order valence-corrected chi connectivity index (χ1v) is 7.70. The number of aliphatic imine (C=N–C) groups is 1. The van der Waals surface area contributed by atoms with Crippen LogP contribution in [-0.4, -0.2) is 16.7 Å². The van der Waals surface area contributed by atoms with Gasteiger partial charge in [0.25, 0.3) is 0 Å². The third-order valence-electron chi connectivity index (χ3n) is 3.90. The van der Waals surface area contributed by atoms with E-state index in [1.165, 1.54) is 0 Å². The number of pyridine rings is 1. The molecule has 0 N–H and O–H groups in total. The normalized spacial score (nSPS) is 21.9. The topological polar surface area (TPSA) is 51.5 Å². The number of carbonyl (C=O) groups excluding carboxylic acids is 1. The minimum atomic E-state index is -0.724. The number of hydrogen-bond acceptors (Lipinski definition) is 4. The summed E-state index contributed by atoms with van der Waals surface area (Å²) in [5.74, 6) is 0.447. The summed E-state index contributed by atoms with van der Waals surface area (Å²) >= 11 is 0. The van der Waals surface area contributed by atoms with Crippen LogP contribution in [0, 0.1) is 10.8 Å². The number of carbonyl (C=O) groups is 1. The van der Waals surface area contributed by atoms with E-state index in [1.807, 2.05) is 39.8 Å². The molecule has 0 aromatic carbocycles. The Morgan fingerprint density at radius 3 is 2.41 bits per heavy atom. The highest BCUT2D eigenvalue weighted by atomic mass is 16.6. The summed E-state index contributed by atoms with van der Waals surface area (Å²) in [6.45, 7) is 13.9. The molecule has 2 rings (SSSR count). The molecular weight excluding hydrogens is 276 g/mol. The van der Waals surface area contributed by atoms with Crippen molar-refractivity contribution in [2.75, 3.05) is 0 Å². The van der Waals surface area contributed by atoms with Crippen molar-refractivity contribution in [1.29, 1.82) is 0 Å². The SMILES string of the molecule is CC(C)(C)C(=O)OC1(C)CC(C(C)(C)C)=Nc2ncccc21. The van der Waals surface area contributed by atoms with Crippen molar-refractivity contribution in [3.05, 3.63) is 23.9 Å². The maximum atomic E-state index is 12.4. The van der Waals surface area contributed by atoms with Crippen LogP contribution in [0.25, 0.3) is 0 Å². The molecular formula is C18H26N2O2. The number of aromatic nitrogens is 1. The van der Waals surface area contributed by atoms with Gasteiger partial charge in [-0.15, -0.1) is 0 Å². The van der Waals surface area contributed by atoms with E-state index in [4.69, 9.17) is 9.73 Å². The molecule has 120 valence electrons. The molecule has 4 heteroatoms. The molecule has 0 bridgehead atoms. The minimum absolute atomic E-state index is 0.0926. The first kappa shape index (κ1) is 16.7. The smallest absolute Gasteiger partial charge is 0.312 e. The molecule has 1 atom stereocenters. The Bertz CT molecular complexity index is 621. The molecule has 0 saturated carbocycles. The largest absolute Gasteiger partial charge is 0.454 e. The second-order valence-corrected chi connectivity index (χ2v) is 8.23. The average molecular weight is 302 g/mol. The van der Waals surface area contributed by atoms with Crippen molar-refractivity contribution in [1.82, 2.24) is 4.98 Å². The van der Waals surface area contributed by atoms with Crippen molar-refractivity contribution in [2.45, 2.75) is 60.5 Å². The van der Waals surface area contributed by atoms with Crippen LogP contribution in [0.5, 0.6) is 0 Å². The van der Waals surface area contributed by atoms with E-state index >= 15 is 0 Å². The summed E-state index contributed by atoms with van der Waals surface area (Å²) in [5, 5.41) is 0. The Morgan fingerprint density at radius 1 is 1.23 bits per heavy atom. The summed E-state index contributed by atoms with van der Waals surface area (Å²) in [5.41, 5.74) is 0.522. The number of nitrogens with zero attached hydrogens (tertiary/aromatic N) is 2. The Kier molecular flexibility index (Phi) is 3.92. The highest BCUT2D eigenvalue weighted by Gasteiger charge is 2.42. The molecule has 1 aliphatic heterocycles. The van der Waals surface area contributed by atoms with Gasteiger partial charge in [-0.05, 0) is 39.8 Å². The monoisotopic (exact) mass is 302 g/mol. The molecule has 1 aromatic heterocycles. The second kappa shape index (κ2) is 5.18. The van der Waals surface area contributed by atoms with Gasteiger partial charge < -0.3 is 4.74 Å². The first-order valence-electron chi connectivity index (χ1n) is 7.70. The quantitative estimate of drug-likeness (QED) is 0.722. The van der Waals surface area contributed by atoms with E-state index in [1.54, 1.807) is 6.20 Å². The fourth-order valence-corrected chi connectivity index (χ4v) is 2.36. The van der Waals surface area contributed by atoms with Gasteiger partial charge in [-0.2, -0.15) is 0 Å². The van der Waals surface area contributed by atoms with Crippen molar-refractivity contribution in [2.24, 2.45) is 15.8 Å². The molecule has 0 fully saturated rings. The van der Waals surface area contributed by atoms with E-state index in [0.717, 1.165) is 11.3 Å². The zero-order chi connectivity index (χ0) is 16.8.